The standard InChI is InChI=1S/C25H26N6O2/c1-15-5-6-18(11-26-15)19-9-20-13-30(8-7-22(20)27-12-19)25-17(3)16(2)24-28-21(14-33-4)10-23(32)31(24)29-25/h5-6,9-12H,7-8,13-14H2,1-4H3. The van der Waals surface area contributed by atoms with Crippen molar-refractivity contribution in [3.8, 4) is 11.1 Å². The maximum Gasteiger partial charge on any atom is 0.274 e. The molecule has 0 spiro atoms. The van der Waals surface area contributed by atoms with Crippen molar-refractivity contribution in [1.82, 2.24) is 24.6 Å². The molecule has 33 heavy (non-hydrogen) atoms. The molecule has 0 N–H and O–H groups in total. The summed E-state index contributed by atoms with van der Waals surface area (Å²) in [5, 5.41) is 4.72. The Morgan fingerprint density at radius 1 is 1.03 bits per heavy atom. The second kappa shape index (κ2) is 8.37. The van der Waals surface area contributed by atoms with E-state index in [1.807, 2.05) is 39.2 Å². The van der Waals surface area contributed by atoms with Crippen LogP contribution in [0, 0.1) is 20.8 Å². The van der Waals surface area contributed by atoms with Crippen molar-refractivity contribution < 1.29 is 4.74 Å². The SMILES string of the molecule is COCc1cc(=O)n2nc(N3CCc4ncc(-c5ccc(C)nc5)cc4C3)c(C)c(C)c2n1. The van der Waals surface area contributed by atoms with E-state index in [1.54, 1.807) is 7.11 Å². The Labute approximate surface area is 191 Å². The number of anilines is 1. The van der Waals surface area contributed by atoms with Gasteiger partial charge in [-0.15, -0.1) is 5.10 Å². The van der Waals surface area contributed by atoms with E-state index in [4.69, 9.17) is 14.8 Å². The third-order valence-electron chi connectivity index (χ3n) is 6.25. The van der Waals surface area contributed by atoms with Crippen LogP contribution in [0.1, 0.15) is 33.8 Å². The van der Waals surface area contributed by atoms with Crippen molar-refractivity contribution in [2.24, 2.45) is 0 Å². The molecular formula is C25H26N6O2. The summed E-state index contributed by atoms with van der Waals surface area (Å²) in [6.45, 7) is 7.76. The smallest absolute Gasteiger partial charge is 0.274 e. The van der Waals surface area contributed by atoms with Crippen LogP contribution >= 0.6 is 0 Å². The minimum absolute atomic E-state index is 0.204. The van der Waals surface area contributed by atoms with Gasteiger partial charge in [0.05, 0.1) is 12.3 Å². The maximum absolute atomic E-state index is 12.8. The minimum Gasteiger partial charge on any atom is -0.378 e. The maximum atomic E-state index is 12.8. The molecule has 0 radical (unpaired) electrons. The van der Waals surface area contributed by atoms with Gasteiger partial charge in [-0.05, 0) is 38.5 Å². The van der Waals surface area contributed by atoms with Gasteiger partial charge in [0.1, 0.15) is 0 Å². The molecule has 0 bridgehead atoms. The number of pyridine rings is 2. The third-order valence-corrected chi connectivity index (χ3v) is 6.25. The van der Waals surface area contributed by atoms with Crippen LogP contribution in [-0.4, -0.2) is 38.2 Å². The molecule has 0 fully saturated rings. The largest absolute Gasteiger partial charge is 0.378 e. The lowest BCUT2D eigenvalue weighted by Gasteiger charge is -2.31. The highest BCUT2D eigenvalue weighted by Crippen LogP contribution is 2.29. The molecule has 0 aliphatic carbocycles. The van der Waals surface area contributed by atoms with Gasteiger partial charge in [0.15, 0.2) is 11.5 Å². The minimum atomic E-state index is -0.204. The van der Waals surface area contributed by atoms with Crippen LogP contribution in [-0.2, 0) is 24.3 Å². The molecule has 0 atom stereocenters. The fraction of sp³-hybridized carbons (Fsp3) is 0.320. The summed E-state index contributed by atoms with van der Waals surface area (Å²) in [5.41, 5.74) is 8.30. The number of hydrogen-bond donors (Lipinski definition) is 0. The van der Waals surface area contributed by atoms with Gasteiger partial charge in [-0.3, -0.25) is 14.8 Å². The lowest BCUT2D eigenvalue weighted by Crippen LogP contribution is -2.34. The van der Waals surface area contributed by atoms with Gasteiger partial charge in [0.25, 0.3) is 5.56 Å². The van der Waals surface area contributed by atoms with E-state index >= 15 is 0 Å². The van der Waals surface area contributed by atoms with Crippen LogP contribution in [0.15, 0.2) is 41.5 Å². The van der Waals surface area contributed by atoms with E-state index in [2.05, 4.69) is 27.0 Å². The molecule has 8 heteroatoms. The molecule has 4 aromatic rings. The molecule has 1 aliphatic heterocycles. The number of ether oxygens (including phenoxy) is 1. The first-order valence-corrected chi connectivity index (χ1v) is 11.0. The number of nitrogens with zero attached hydrogens (tertiary/aromatic N) is 6. The first-order valence-electron chi connectivity index (χ1n) is 11.0. The van der Waals surface area contributed by atoms with Crippen molar-refractivity contribution in [2.75, 3.05) is 18.6 Å². The van der Waals surface area contributed by atoms with E-state index in [-0.39, 0.29) is 5.56 Å². The lowest BCUT2D eigenvalue weighted by molar-refractivity contribution is 0.181. The first-order chi connectivity index (χ1) is 15.9. The van der Waals surface area contributed by atoms with Crippen LogP contribution in [0.4, 0.5) is 5.82 Å². The number of aromatic nitrogens is 5. The molecule has 4 aromatic heterocycles. The topological polar surface area (TPSA) is 85.5 Å². The van der Waals surface area contributed by atoms with Crippen LogP contribution in [0.25, 0.3) is 16.8 Å². The molecule has 0 amide bonds. The molecule has 0 saturated heterocycles. The first kappa shape index (κ1) is 21.2. The van der Waals surface area contributed by atoms with E-state index in [0.717, 1.165) is 52.4 Å². The quantitative estimate of drug-likeness (QED) is 0.480. The summed E-state index contributed by atoms with van der Waals surface area (Å²) in [5.74, 6) is 0.802. The number of hydrogen-bond acceptors (Lipinski definition) is 7. The number of methoxy groups -OCH3 is 1. The average Bonchev–Trinajstić information content (AvgIpc) is 2.82. The highest BCUT2D eigenvalue weighted by atomic mass is 16.5. The van der Waals surface area contributed by atoms with Gasteiger partial charge in [0, 0.05) is 78.7 Å². The van der Waals surface area contributed by atoms with Crippen molar-refractivity contribution >= 4 is 11.5 Å². The molecule has 8 nitrogen and oxygen atoms in total. The van der Waals surface area contributed by atoms with Crippen molar-refractivity contribution in [1.29, 1.82) is 0 Å². The van der Waals surface area contributed by atoms with E-state index in [1.165, 1.54) is 16.1 Å². The zero-order valence-corrected chi connectivity index (χ0v) is 19.3. The van der Waals surface area contributed by atoms with Crippen molar-refractivity contribution in [2.45, 2.75) is 40.3 Å². The van der Waals surface area contributed by atoms with E-state index in [0.29, 0.717) is 24.5 Å². The van der Waals surface area contributed by atoms with Crippen LogP contribution in [0.3, 0.4) is 0 Å². The van der Waals surface area contributed by atoms with Gasteiger partial charge < -0.3 is 9.64 Å². The number of rotatable bonds is 4. The Balaban J connectivity index is 1.53. The molecule has 5 heterocycles. The second-order valence-corrected chi connectivity index (χ2v) is 8.52. The summed E-state index contributed by atoms with van der Waals surface area (Å²) < 4.78 is 6.55. The lowest BCUT2D eigenvalue weighted by atomic mass is 10.0. The van der Waals surface area contributed by atoms with Gasteiger partial charge in [-0.2, -0.15) is 4.52 Å². The highest BCUT2D eigenvalue weighted by molar-refractivity contribution is 5.64. The number of aryl methyl sites for hydroxylation is 2. The molecule has 0 saturated carbocycles. The van der Waals surface area contributed by atoms with Crippen LogP contribution in [0.2, 0.25) is 0 Å². The summed E-state index contributed by atoms with van der Waals surface area (Å²) >= 11 is 0. The summed E-state index contributed by atoms with van der Waals surface area (Å²) in [4.78, 5) is 28.7. The zero-order valence-electron chi connectivity index (χ0n) is 19.3. The highest BCUT2D eigenvalue weighted by Gasteiger charge is 2.23. The van der Waals surface area contributed by atoms with E-state index < -0.39 is 0 Å². The Kier molecular flexibility index (Phi) is 5.38. The summed E-state index contributed by atoms with van der Waals surface area (Å²) in [6, 6.07) is 7.76. The predicted molar refractivity (Wildman–Crippen MR) is 126 cm³/mol. The van der Waals surface area contributed by atoms with Crippen molar-refractivity contribution in [3.05, 3.63) is 80.8 Å². The summed E-state index contributed by atoms with van der Waals surface area (Å²) in [6.07, 6.45) is 4.63. The Morgan fingerprint density at radius 2 is 1.85 bits per heavy atom. The van der Waals surface area contributed by atoms with Gasteiger partial charge in [-0.25, -0.2) is 4.98 Å². The molecule has 168 valence electrons. The fourth-order valence-electron chi connectivity index (χ4n) is 4.29. The van der Waals surface area contributed by atoms with Gasteiger partial charge >= 0.3 is 0 Å². The van der Waals surface area contributed by atoms with E-state index in [9.17, 15) is 4.79 Å². The molecule has 0 unspecified atom stereocenters. The normalized spacial score (nSPS) is 13.4. The summed E-state index contributed by atoms with van der Waals surface area (Å²) in [7, 11) is 1.59. The average molecular weight is 443 g/mol. The van der Waals surface area contributed by atoms with Crippen molar-refractivity contribution in [3.63, 3.8) is 0 Å². The van der Waals surface area contributed by atoms with Crippen LogP contribution in [0.5, 0.6) is 0 Å². The Hall–Kier alpha value is -3.65. The second-order valence-electron chi connectivity index (χ2n) is 8.52. The van der Waals surface area contributed by atoms with Crippen LogP contribution < -0.4 is 10.5 Å². The Bertz CT molecular complexity index is 1410. The Morgan fingerprint density at radius 3 is 2.61 bits per heavy atom. The van der Waals surface area contributed by atoms with Gasteiger partial charge in [0.2, 0.25) is 0 Å². The number of fused-ring (bicyclic) bond motifs is 2. The predicted octanol–water partition coefficient (Wildman–Crippen LogP) is 3.18. The zero-order chi connectivity index (χ0) is 23.1. The third kappa shape index (κ3) is 3.87. The molecule has 0 aromatic carbocycles. The molecule has 1 aliphatic rings. The molecular weight excluding hydrogens is 416 g/mol. The van der Waals surface area contributed by atoms with Gasteiger partial charge in [-0.1, -0.05) is 6.07 Å². The molecule has 5 rings (SSSR count). The monoisotopic (exact) mass is 442 g/mol. The fourth-order valence-corrected chi connectivity index (χ4v) is 4.29.